The average Bonchev–Trinajstić information content (AvgIpc) is 3.26. The maximum atomic E-state index is 12.9. The lowest BCUT2D eigenvalue weighted by Gasteiger charge is -2.09. The number of carbonyl (C=O) groups excluding carboxylic acids is 1. The number of rotatable bonds is 5. The van der Waals surface area contributed by atoms with E-state index in [0.717, 1.165) is 34.4 Å². The van der Waals surface area contributed by atoms with Crippen molar-refractivity contribution in [1.82, 2.24) is 14.8 Å². The molecule has 4 rings (SSSR count). The van der Waals surface area contributed by atoms with Gasteiger partial charge in [0.15, 0.2) is 5.13 Å². The van der Waals surface area contributed by atoms with E-state index in [1.807, 2.05) is 48.5 Å². The van der Waals surface area contributed by atoms with Gasteiger partial charge < -0.3 is 0 Å². The van der Waals surface area contributed by atoms with Gasteiger partial charge in [0.05, 0.1) is 33.4 Å². The van der Waals surface area contributed by atoms with Crippen molar-refractivity contribution < 1.29 is 4.79 Å². The fourth-order valence-corrected chi connectivity index (χ4v) is 3.92. The molecule has 0 saturated carbocycles. The van der Waals surface area contributed by atoms with E-state index in [2.05, 4.69) is 22.3 Å². The minimum atomic E-state index is -0.197. The number of carbonyl (C=O) groups is 1. The van der Waals surface area contributed by atoms with Gasteiger partial charge in [0.2, 0.25) is 0 Å². The Bertz CT molecular complexity index is 1070. The zero-order valence-electron chi connectivity index (χ0n) is 14.6. The van der Waals surface area contributed by atoms with Crippen LogP contribution in [0.1, 0.15) is 29.4 Å². The molecule has 0 fully saturated rings. The van der Waals surface area contributed by atoms with Crippen LogP contribution in [0.2, 0.25) is 5.02 Å². The average molecular weight is 397 g/mol. The molecule has 0 spiro atoms. The number of anilines is 1. The minimum absolute atomic E-state index is 0.197. The molecule has 136 valence electrons. The SMILES string of the molecule is CCCc1c(C(=O)Nc2nc3ccccc3s2)cnn1-c1ccc(Cl)cc1. The molecule has 5 nitrogen and oxygen atoms in total. The number of hydrogen-bond donors (Lipinski definition) is 1. The van der Waals surface area contributed by atoms with Crippen molar-refractivity contribution in [3.8, 4) is 5.69 Å². The van der Waals surface area contributed by atoms with Crippen LogP contribution in [-0.2, 0) is 6.42 Å². The summed E-state index contributed by atoms with van der Waals surface area (Å²) in [5.41, 5.74) is 3.19. The molecule has 1 amide bonds. The standard InChI is InChI=1S/C20H17ClN4OS/c1-2-5-17-15(12-22-25(17)14-10-8-13(21)9-11-14)19(26)24-20-23-16-6-3-4-7-18(16)27-20/h3-4,6-12H,2,5H2,1H3,(H,23,24,26). The highest BCUT2D eigenvalue weighted by Gasteiger charge is 2.19. The van der Waals surface area contributed by atoms with Gasteiger partial charge in [-0.3, -0.25) is 10.1 Å². The first-order valence-corrected chi connectivity index (χ1v) is 9.85. The second-order valence-electron chi connectivity index (χ2n) is 6.08. The lowest BCUT2D eigenvalue weighted by Crippen LogP contribution is -2.14. The highest BCUT2D eigenvalue weighted by atomic mass is 35.5. The van der Waals surface area contributed by atoms with Crippen LogP contribution in [0.25, 0.3) is 15.9 Å². The van der Waals surface area contributed by atoms with Crippen molar-refractivity contribution in [2.75, 3.05) is 5.32 Å². The number of thiazole rings is 1. The lowest BCUT2D eigenvalue weighted by atomic mass is 10.1. The maximum Gasteiger partial charge on any atom is 0.260 e. The Balaban J connectivity index is 1.65. The maximum absolute atomic E-state index is 12.9. The molecule has 27 heavy (non-hydrogen) atoms. The summed E-state index contributed by atoms with van der Waals surface area (Å²) < 4.78 is 2.84. The third-order valence-corrected chi connectivity index (χ3v) is 5.39. The topological polar surface area (TPSA) is 59.8 Å². The van der Waals surface area contributed by atoms with Crippen molar-refractivity contribution in [1.29, 1.82) is 0 Å². The van der Waals surface area contributed by atoms with Gasteiger partial charge in [0.25, 0.3) is 5.91 Å². The van der Waals surface area contributed by atoms with Crippen LogP contribution in [0.4, 0.5) is 5.13 Å². The largest absolute Gasteiger partial charge is 0.298 e. The predicted octanol–water partition coefficient (Wildman–Crippen LogP) is 5.34. The molecule has 0 saturated heterocycles. The molecule has 7 heteroatoms. The number of para-hydroxylation sites is 1. The van der Waals surface area contributed by atoms with Gasteiger partial charge in [-0.25, -0.2) is 9.67 Å². The normalized spacial score (nSPS) is 11.0. The molecule has 2 aromatic heterocycles. The van der Waals surface area contributed by atoms with Crippen LogP contribution < -0.4 is 5.32 Å². The van der Waals surface area contributed by atoms with Gasteiger partial charge in [0.1, 0.15) is 0 Å². The van der Waals surface area contributed by atoms with Gasteiger partial charge in [-0.1, -0.05) is 48.4 Å². The third kappa shape index (κ3) is 3.59. The number of halogens is 1. The van der Waals surface area contributed by atoms with Crippen LogP contribution in [-0.4, -0.2) is 20.7 Å². The van der Waals surface area contributed by atoms with Gasteiger partial charge in [-0.2, -0.15) is 5.10 Å². The fraction of sp³-hybridized carbons (Fsp3) is 0.150. The van der Waals surface area contributed by atoms with E-state index >= 15 is 0 Å². The van der Waals surface area contributed by atoms with Crippen molar-refractivity contribution in [3.05, 3.63) is 71.0 Å². The van der Waals surface area contributed by atoms with Crippen molar-refractivity contribution in [2.45, 2.75) is 19.8 Å². The van der Waals surface area contributed by atoms with Gasteiger partial charge in [-0.15, -0.1) is 0 Å². The Morgan fingerprint density at radius 2 is 1.96 bits per heavy atom. The number of hydrogen-bond acceptors (Lipinski definition) is 4. The lowest BCUT2D eigenvalue weighted by molar-refractivity contribution is 0.102. The number of nitrogens with one attached hydrogen (secondary N) is 1. The zero-order chi connectivity index (χ0) is 18.8. The molecule has 0 bridgehead atoms. The molecule has 2 heterocycles. The molecule has 0 unspecified atom stereocenters. The van der Waals surface area contributed by atoms with Crippen LogP contribution in [0.5, 0.6) is 0 Å². The van der Waals surface area contributed by atoms with Crippen LogP contribution >= 0.6 is 22.9 Å². The number of aromatic nitrogens is 3. The van der Waals surface area contributed by atoms with Crippen molar-refractivity contribution in [2.24, 2.45) is 0 Å². The first-order chi connectivity index (χ1) is 13.2. The quantitative estimate of drug-likeness (QED) is 0.495. The van der Waals surface area contributed by atoms with E-state index < -0.39 is 0 Å². The van der Waals surface area contributed by atoms with E-state index in [-0.39, 0.29) is 5.91 Å². The molecule has 0 atom stereocenters. The first kappa shape index (κ1) is 17.7. The van der Waals surface area contributed by atoms with Gasteiger partial charge >= 0.3 is 0 Å². The zero-order valence-corrected chi connectivity index (χ0v) is 16.2. The summed E-state index contributed by atoms with van der Waals surface area (Å²) in [4.78, 5) is 17.3. The van der Waals surface area contributed by atoms with E-state index in [0.29, 0.717) is 15.7 Å². The molecular formula is C20H17ClN4OS. The smallest absolute Gasteiger partial charge is 0.260 e. The Hall–Kier alpha value is -2.70. The predicted molar refractivity (Wildman–Crippen MR) is 110 cm³/mol. The second-order valence-corrected chi connectivity index (χ2v) is 7.55. The van der Waals surface area contributed by atoms with E-state index in [1.165, 1.54) is 11.3 Å². The summed E-state index contributed by atoms with van der Waals surface area (Å²) in [5.74, 6) is -0.197. The molecule has 1 N–H and O–H groups in total. The highest BCUT2D eigenvalue weighted by Crippen LogP contribution is 2.26. The van der Waals surface area contributed by atoms with Crippen molar-refractivity contribution >= 4 is 44.2 Å². The Labute approximate surface area is 165 Å². The third-order valence-electron chi connectivity index (χ3n) is 4.19. The minimum Gasteiger partial charge on any atom is -0.298 e. The summed E-state index contributed by atoms with van der Waals surface area (Å²) in [6.45, 7) is 2.08. The number of amides is 1. The Morgan fingerprint density at radius 1 is 1.19 bits per heavy atom. The monoisotopic (exact) mass is 396 g/mol. The molecule has 4 aromatic rings. The molecule has 0 radical (unpaired) electrons. The number of nitrogens with zero attached hydrogens (tertiary/aromatic N) is 3. The second kappa shape index (κ2) is 7.50. The summed E-state index contributed by atoms with van der Waals surface area (Å²) >= 11 is 7.44. The Kier molecular flexibility index (Phi) is 4.92. The number of fused-ring (bicyclic) bond motifs is 1. The van der Waals surface area contributed by atoms with E-state index in [9.17, 15) is 4.79 Å². The van der Waals surface area contributed by atoms with Crippen LogP contribution in [0.15, 0.2) is 54.7 Å². The molecular weight excluding hydrogens is 380 g/mol. The molecule has 0 aliphatic rings. The van der Waals surface area contributed by atoms with Crippen LogP contribution in [0.3, 0.4) is 0 Å². The van der Waals surface area contributed by atoms with E-state index in [1.54, 1.807) is 10.9 Å². The summed E-state index contributed by atoms with van der Waals surface area (Å²) in [5, 5.41) is 8.60. The van der Waals surface area contributed by atoms with Gasteiger partial charge in [0, 0.05) is 5.02 Å². The number of benzene rings is 2. The van der Waals surface area contributed by atoms with Crippen molar-refractivity contribution in [3.63, 3.8) is 0 Å². The highest BCUT2D eigenvalue weighted by molar-refractivity contribution is 7.22. The fourth-order valence-electron chi connectivity index (χ4n) is 2.94. The van der Waals surface area contributed by atoms with Crippen LogP contribution in [0, 0.1) is 0 Å². The summed E-state index contributed by atoms with van der Waals surface area (Å²) in [7, 11) is 0. The summed E-state index contributed by atoms with van der Waals surface area (Å²) in [6, 6.07) is 15.2. The molecule has 2 aromatic carbocycles. The summed E-state index contributed by atoms with van der Waals surface area (Å²) in [6.07, 6.45) is 3.26. The van der Waals surface area contributed by atoms with Gasteiger partial charge in [-0.05, 0) is 42.8 Å². The molecule has 0 aliphatic carbocycles. The first-order valence-electron chi connectivity index (χ1n) is 8.65. The molecule has 0 aliphatic heterocycles. The van der Waals surface area contributed by atoms with E-state index in [4.69, 9.17) is 11.6 Å². The Morgan fingerprint density at radius 3 is 2.70 bits per heavy atom.